The molecule has 3 N–H and O–H groups in total. The SMILES string of the molecule is Cc1ccc(C(=O)NCCNC(=O)Cc2[nH]nc3ccccc23)cc1F. The lowest BCUT2D eigenvalue weighted by atomic mass is 10.1. The van der Waals surface area contributed by atoms with E-state index in [2.05, 4.69) is 20.8 Å². The van der Waals surface area contributed by atoms with Crippen molar-refractivity contribution in [1.29, 1.82) is 0 Å². The molecular weight excluding hydrogens is 335 g/mol. The van der Waals surface area contributed by atoms with Gasteiger partial charge in [0.25, 0.3) is 5.91 Å². The fourth-order valence-electron chi connectivity index (χ4n) is 2.59. The average molecular weight is 354 g/mol. The highest BCUT2D eigenvalue weighted by Crippen LogP contribution is 2.15. The standard InChI is InChI=1S/C19H19FN4O2/c1-12-6-7-13(10-15(12)20)19(26)22-9-8-21-18(25)11-17-14-4-2-3-5-16(14)23-24-17/h2-7,10H,8-9,11H2,1H3,(H,21,25)(H,22,26)(H,23,24). The fourth-order valence-corrected chi connectivity index (χ4v) is 2.59. The average Bonchev–Trinajstić information content (AvgIpc) is 3.04. The summed E-state index contributed by atoms with van der Waals surface area (Å²) in [5.74, 6) is -0.967. The lowest BCUT2D eigenvalue weighted by Crippen LogP contribution is -2.35. The summed E-state index contributed by atoms with van der Waals surface area (Å²) in [6.45, 7) is 2.17. The number of fused-ring (bicyclic) bond motifs is 1. The first kappa shape index (κ1) is 17.6. The molecular formula is C19H19FN4O2. The number of carbonyl (C=O) groups is 2. The molecule has 3 aromatic rings. The number of hydrogen-bond donors (Lipinski definition) is 3. The number of benzene rings is 2. The van der Waals surface area contributed by atoms with E-state index in [1.165, 1.54) is 6.07 Å². The van der Waals surface area contributed by atoms with Gasteiger partial charge < -0.3 is 10.6 Å². The maximum atomic E-state index is 13.5. The number of aryl methyl sites for hydroxylation is 1. The van der Waals surface area contributed by atoms with Crippen LogP contribution >= 0.6 is 0 Å². The fraction of sp³-hybridized carbons (Fsp3) is 0.211. The molecule has 3 rings (SSSR count). The third-order valence-electron chi connectivity index (χ3n) is 4.04. The molecule has 2 aromatic carbocycles. The van der Waals surface area contributed by atoms with Gasteiger partial charge in [-0.1, -0.05) is 24.3 Å². The van der Waals surface area contributed by atoms with Crippen molar-refractivity contribution in [3.63, 3.8) is 0 Å². The molecule has 26 heavy (non-hydrogen) atoms. The van der Waals surface area contributed by atoms with Gasteiger partial charge >= 0.3 is 0 Å². The second kappa shape index (κ2) is 7.77. The van der Waals surface area contributed by atoms with Crippen LogP contribution < -0.4 is 10.6 Å². The van der Waals surface area contributed by atoms with E-state index in [1.54, 1.807) is 19.1 Å². The van der Waals surface area contributed by atoms with Gasteiger partial charge in [0, 0.05) is 24.0 Å². The van der Waals surface area contributed by atoms with Crippen LogP contribution in [0.3, 0.4) is 0 Å². The normalized spacial score (nSPS) is 10.7. The molecule has 7 heteroatoms. The summed E-state index contributed by atoms with van der Waals surface area (Å²) in [6, 6.07) is 11.9. The van der Waals surface area contributed by atoms with Crippen LogP contribution in [0.1, 0.15) is 21.6 Å². The van der Waals surface area contributed by atoms with Gasteiger partial charge in [0.15, 0.2) is 0 Å². The number of H-pyrrole nitrogens is 1. The second-order valence-corrected chi connectivity index (χ2v) is 5.97. The molecule has 0 saturated carbocycles. The number of rotatable bonds is 6. The van der Waals surface area contributed by atoms with E-state index in [0.717, 1.165) is 16.6 Å². The highest BCUT2D eigenvalue weighted by molar-refractivity contribution is 5.94. The van der Waals surface area contributed by atoms with Crippen molar-refractivity contribution < 1.29 is 14.0 Å². The number of amides is 2. The summed E-state index contributed by atoms with van der Waals surface area (Å²) in [6.07, 6.45) is 0.178. The van der Waals surface area contributed by atoms with E-state index >= 15 is 0 Å². The second-order valence-electron chi connectivity index (χ2n) is 5.97. The van der Waals surface area contributed by atoms with Crippen molar-refractivity contribution >= 4 is 22.7 Å². The quantitative estimate of drug-likeness (QED) is 0.593. The summed E-state index contributed by atoms with van der Waals surface area (Å²) in [5, 5.41) is 13.3. The third kappa shape index (κ3) is 4.05. The van der Waals surface area contributed by atoms with Gasteiger partial charge in [-0.25, -0.2) is 4.39 Å². The first-order valence-electron chi connectivity index (χ1n) is 8.27. The van der Waals surface area contributed by atoms with Crippen molar-refractivity contribution in [3.8, 4) is 0 Å². The van der Waals surface area contributed by atoms with Gasteiger partial charge in [-0.2, -0.15) is 5.10 Å². The topological polar surface area (TPSA) is 86.9 Å². The Balaban J connectivity index is 1.45. The van der Waals surface area contributed by atoms with Crippen molar-refractivity contribution in [1.82, 2.24) is 20.8 Å². The minimum atomic E-state index is -0.419. The third-order valence-corrected chi connectivity index (χ3v) is 4.04. The Morgan fingerprint density at radius 2 is 1.88 bits per heavy atom. The number of aromatic nitrogens is 2. The Hall–Kier alpha value is -3.22. The van der Waals surface area contributed by atoms with Crippen molar-refractivity contribution in [2.24, 2.45) is 0 Å². The predicted molar refractivity (Wildman–Crippen MR) is 96.3 cm³/mol. The van der Waals surface area contributed by atoms with Crippen molar-refractivity contribution in [2.75, 3.05) is 13.1 Å². The Morgan fingerprint density at radius 3 is 2.69 bits per heavy atom. The van der Waals surface area contributed by atoms with Crippen LogP contribution in [0, 0.1) is 12.7 Å². The molecule has 6 nitrogen and oxygen atoms in total. The van der Waals surface area contributed by atoms with E-state index < -0.39 is 5.82 Å². The van der Waals surface area contributed by atoms with Gasteiger partial charge in [0.05, 0.1) is 17.6 Å². The monoisotopic (exact) mass is 354 g/mol. The molecule has 2 amide bonds. The van der Waals surface area contributed by atoms with Gasteiger partial charge in [-0.3, -0.25) is 14.7 Å². The van der Waals surface area contributed by atoms with Crippen LogP contribution in [-0.2, 0) is 11.2 Å². The summed E-state index contributed by atoms with van der Waals surface area (Å²) in [5.41, 5.74) is 2.30. The number of para-hydroxylation sites is 1. The number of nitrogens with zero attached hydrogens (tertiary/aromatic N) is 1. The Labute approximate surface area is 149 Å². The van der Waals surface area contributed by atoms with Crippen LogP contribution in [0.4, 0.5) is 4.39 Å². The van der Waals surface area contributed by atoms with Crippen LogP contribution in [0.25, 0.3) is 10.9 Å². The number of halogens is 1. The number of nitrogens with one attached hydrogen (secondary N) is 3. The van der Waals surface area contributed by atoms with E-state index in [0.29, 0.717) is 5.56 Å². The molecule has 0 aliphatic heterocycles. The molecule has 0 bridgehead atoms. The molecule has 0 radical (unpaired) electrons. The maximum absolute atomic E-state index is 13.5. The maximum Gasteiger partial charge on any atom is 0.251 e. The minimum Gasteiger partial charge on any atom is -0.354 e. The first-order chi connectivity index (χ1) is 12.5. The van der Waals surface area contributed by atoms with Crippen molar-refractivity contribution in [3.05, 3.63) is 65.1 Å². The van der Waals surface area contributed by atoms with Gasteiger partial charge in [0.2, 0.25) is 5.91 Å². The summed E-state index contributed by atoms with van der Waals surface area (Å²) >= 11 is 0. The van der Waals surface area contributed by atoms with E-state index in [-0.39, 0.29) is 36.9 Å². The lowest BCUT2D eigenvalue weighted by Gasteiger charge is -2.07. The molecule has 1 aromatic heterocycles. The molecule has 0 atom stereocenters. The van der Waals surface area contributed by atoms with E-state index in [1.807, 2.05) is 24.3 Å². The minimum absolute atomic E-state index is 0.171. The van der Waals surface area contributed by atoms with Crippen molar-refractivity contribution in [2.45, 2.75) is 13.3 Å². The predicted octanol–water partition coefficient (Wildman–Crippen LogP) is 2.10. The zero-order valence-corrected chi connectivity index (χ0v) is 14.3. The summed E-state index contributed by atoms with van der Waals surface area (Å²) in [7, 11) is 0. The Morgan fingerprint density at radius 1 is 1.12 bits per heavy atom. The van der Waals surface area contributed by atoms with Crippen LogP contribution in [-0.4, -0.2) is 35.1 Å². The molecule has 0 aliphatic rings. The molecule has 0 unspecified atom stereocenters. The molecule has 1 heterocycles. The molecule has 0 spiro atoms. The van der Waals surface area contributed by atoms with Gasteiger partial charge in [-0.15, -0.1) is 0 Å². The zero-order valence-electron chi connectivity index (χ0n) is 14.3. The van der Waals surface area contributed by atoms with Gasteiger partial charge in [-0.05, 0) is 30.7 Å². The molecule has 0 saturated heterocycles. The first-order valence-corrected chi connectivity index (χ1v) is 8.27. The van der Waals surface area contributed by atoms with Crippen LogP contribution in [0.5, 0.6) is 0 Å². The summed E-state index contributed by atoms with van der Waals surface area (Å²) < 4.78 is 13.5. The van der Waals surface area contributed by atoms with Crippen LogP contribution in [0.2, 0.25) is 0 Å². The van der Waals surface area contributed by atoms with Gasteiger partial charge in [0.1, 0.15) is 5.82 Å². The highest BCUT2D eigenvalue weighted by Gasteiger charge is 2.10. The number of aromatic amines is 1. The van der Waals surface area contributed by atoms with E-state index in [4.69, 9.17) is 0 Å². The lowest BCUT2D eigenvalue weighted by molar-refractivity contribution is -0.120. The smallest absolute Gasteiger partial charge is 0.251 e. The molecule has 0 aliphatic carbocycles. The highest BCUT2D eigenvalue weighted by atomic mass is 19.1. The molecule has 0 fully saturated rings. The van der Waals surface area contributed by atoms with E-state index in [9.17, 15) is 14.0 Å². The van der Waals surface area contributed by atoms with Crippen LogP contribution in [0.15, 0.2) is 42.5 Å². The largest absolute Gasteiger partial charge is 0.354 e. The Kier molecular flexibility index (Phi) is 5.26. The number of hydrogen-bond acceptors (Lipinski definition) is 3. The number of carbonyl (C=O) groups excluding carboxylic acids is 2. The molecule has 134 valence electrons. The summed E-state index contributed by atoms with van der Waals surface area (Å²) in [4.78, 5) is 24.0. The Bertz CT molecular complexity index is 952. The zero-order chi connectivity index (χ0) is 18.5.